The van der Waals surface area contributed by atoms with Crippen LogP contribution >= 0.6 is 0 Å². The molecule has 0 fully saturated rings. The number of pyridine rings is 1. The zero-order valence-corrected chi connectivity index (χ0v) is 10.4. The highest BCUT2D eigenvalue weighted by Crippen LogP contribution is 2.16. The van der Waals surface area contributed by atoms with Gasteiger partial charge in [-0.25, -0.2) is 4.98 Å². The first-order valence-corrected chi connectivity index (χ1v) is 5.63. The van der Waals surface area contributed by atoms with E-state index in [9.17, 15) is 0 Å². The number of aromatic nitrogens is 1. The van der Waals surface area contributed by atoms with Crippen molar-refractivity contribution in [3.05, 3.63) is 23.9 Å². The van der Waals surface area contributed by atoms with Gasteiger partial charge in [0.15, 0.2) is 0 Å². The second kappa shape index (κ2) is 5.50. The van der Waals surface area contributed by atoms with Gasteiger partial charge in [-0.3, -0.25) is 0 Å². The van der Waals surface area contributed by atoms with Crippen molar-refractivity contribution in [2.45, 2.75) is 33.2 Å². The molecule has 3 nitrogen and oxygen atoms in total. The molecule has 0 N–H and O–H groups in total. The summed E-state index contributed by atoms with van der Waals surface area (Å²) in [5, 5.41) is 8.69. The molecular formula is C13H19N3. The first kappa shape index (κ1) is 12.5. The molecule has 0 aromatic carbocycles. The number of hydrogen-bond donors (Lipinski definition) is 0. The van der Waals surface area contributed by atoms with Crippen LogP contribution in [0, 0.1) is 17.2 Å². The predicted molar refractivity (Wildman–Crippen MR) is 66.3 cm³/mol. The Labute approximate surface area is 97.7 Å². The third-order valence-corrected chi connectivity index (χ3v) is 2.71. The van der Waals surface area contributed by atoms with Gasteiger partial charge in [-0.15, -0.1) is 0 Å². The van der Waals surface area contributed by atoms with Gasteiger partial charge in [0.05, 0.1) is 5.56 Å². The summed E-state index contributed by atoms with van der Waals surface area (Å²) in [7, 11) is 2.04. The average molecular weight is 217 g/mol. The molecule has 0 aliphatic heterocycles. The Bertz CT molecular complexity index is 362. The summed E-state index contributed by atoms with van der Waals surface area (Å²) < 4.78 is 0. The Morgan fingerprint density at radius 1 is 1.38 bits per heavy atom. The maximum absolute atomic E-state index is 8.69. The van der Waals surface area contributed by atoms with Crippen molar-refractivity contribution in [1.82, 2.24) is 4.98 Å². The lowest BCUT2D eigenvalue weighted by Gasteiger charge is -2.27. The number of nitrogens with zero attached hydrogens (tertiary/aromatic N) is 3. The number of anilines is 1. The Kier molecular flexibility index (Phi) is 4.30. The van der Waals surface area contributed by atoms with Crippen LogP contribution in [0.25, 0.3) is 0 Å². The normalized spacial score (nSPS) is 12.2. The highest BCUT2D eigenvalue weighted by Gasteiger charge is 2.12. The molecule has 1 aromatic heterocycles. The Morgan fingerprint density at radius 2 is 2.06 bits per heavy atom. The van der Waals surface area contributed by atoms with Gasteiger partial charge in [-0.2, -0.15) is 5.26 Å². The SMILES string of the molecule is CC(C)CC(C)N(C)c1ccc(C#N)cn1. The molecule has 1 heterocycles. The van der Waals surface area contributed by atoms with E-state index >= 15 is 0 Å². The summed E-state index contributed by atoms with van der Waals surface area (Å²) in [4.78, 5) is 6.44. The van der Waals surface area contributed by atoms with Crippen LogP contribution in [-0.4, -0.2) is 18.1 Å². The zero-order valence-electron chi connectivity index (χ0n) is 10.4. The van der Waals surface area contributed by atoms with Crippen molar-refractivity contribution in [3.8, 4) is 6.07 Å². The van der Waals surface area contributed by atoms with E-state index in [-0.39, 0.29) is 0 Å². The minimum Gasteiger partial charge on any atom is -0.357 e. The van der Waals surface area contributed by atoms with Crippen molar-refractivity contribution in [2.24, 2.45) is 5.92 Å². The summed E-state index contributed by atoms with van der Waals surface area (Å²) in [6, 6.07) is 6.24. The van der Waals surface area contributed by atoms with Gasteiger partial charge < -0.3 is 4.90 Å². The standard InChI is InChI=1S/C13H19N3/c1-10(2)7-11(3)16(4)13-6-5-12(8-14)9-15-13/h5-6,9-11H,7H2,1-4H3. The lowest BCUT2D eigenvalue weighted by molar-refractivity contribution is 0.502. The van der Waals surface area contributed by atoms with Gasteiger partial charge in [0.25, 0.3) is 0 Å². The molecule has 0 aliphatic rings. The van der Waals surface area contributed by atoms with E-state index in [2.05, 4.69) is 36.7 Å². The van der Waals surface area contributed by atoms with E-state index in [1.54, 1.807) is 12.3 Å². The van der Waals surface area contributed by atoms with Crippen molar-refractivity contribution in [2.75, 3.05) is 11.9 Å². The van der Waals surface area contributed by atoms with Crippen molar-refractivity contribution >= 4 is 5.82 Å². The number of rotatable bonds is 4. The van der Waals surface area contributed by atoms with Gasteiger partial charge in [0.1, 0.15) is 11.9 Å². The predicted octanol–water partition coefficient (Wildman–Crippen LogP) is 2.82. The van der Waals surface area contributed by atoms with Crippen molar-refractivity contribution in [3.63, 3.8) is 0 Å². The van der Waals surface area contributed by atoms with Crippen LogP contribution in [0.5, 0.6) is 0 Å². The van der Waals surface area contributed by atoms with Crippen LogP contribution in [0.1, 0.15) is 32.8 Å². The van der Waals surface area contributed by atoms with E-state index in [1.165, 1.54) is 0 Å². The molecule has 0 bridgehead atoms. The van der Waals surface area contributed by atoms with Crippen molar-refractivity contribution < 1.29 is 0 Å². The summed E-state index contributed by atoms with van der Waals surface area (Å²) in [5.41, 5.74) is 0.605. The minimum absolute atomic E-state index is 0.459. The van der Waals surface area contributed by atoms with Crippen LogP contribution in [0.2, 0.25) is 0 Å². The highest BCUT2D eigenvalue weighted by atomic mass is 15.2. The lowest BCUT2D eigenvalue weighted by Crippen LogP contribution is -2.30. The van der Waals surface area contributed by atoms with Gasteiger partial charge in [-0.1, -0.05) is 13.8 Å². The molecular weight excluding hydrogens is 198 g/mol. The maximum Gasteiger partial charge on any atom is 0.128 e. The monoisotopic (exact) mass is 217 g/mol. The molecule has 0 radical (unpaired) electrons. The van der Waals surface area contributed by atoms with Gasteiger partial charge in [-0.05, 0) is 31.4 Å². The van der Waals surface area contributed by atoms with Crippen LogP contribution in [-0.2, 0) is 0 Å². The molecule has 1 rings (SSSR count). The quantitative estimate of drug-likeness (QED) is 0.778. The van der Waals surface area contributed by atoms with Crippen LogP contribution < -0.4 is 4.90 Å². The summed E-state index contributed by atoms with van der Waals surface area (Å²) >= 11 is 0. The van der Waals surface area contributed by atoms with E-state index in [0.717, 1.165) is 12.2 Å². The van der Waals surface area contributed by atoms with Gasteiger partial charge >= 0.3 is 0 Å². The van der Waals surface area contributed by atoms with E-state index in [0.29, 0.717) is 17.5 Å². The summed E-state index contributed by atoms with van der Waals surface area (Å²) in [6.07, 6.45) is 2.76. The first-order chi connectivity index (χ1) is 7.54. The molecule has 1 aromatic rings. The van der Waals surface area contributed by atoms with E-state index in [1.807, 2.05) is 13.1 Å². The molecule has 0 aliphatic carbocycles. The first-order valence-electron chi connectivity index (χ1n) is 5.63. The fraction of sp³-hybridized carbons (Fsp3) is 0.538. The van der Waals surface area contributed by atoms with Gasteiger partial charge in [0, 0.05) is 19.3 Å². The smallest absolute Gasteiger partial charge is 0.128 e. The van der Waals surface area contributed by atoms with E-state index in [4.69, 9.17) is 5.26 Å². The molecule has 3 heteroatoms. The topological polar surface area (TPSA) is 39.9 Å². The lowest BCUT2D eigenvalue weighted by atomic mass is 10.0. The molecule has 1 atom stereocenters. The summed E-state index contributed by atoms with van der Waals surface area (Å²) in [6.45, 7) is 6.63. The third kappa shape index (κ3) is 3.23. The maximum atomic E-state index is 8.69. The second-order valence-electron chi connectivity index (χ2n) is 4.61. The fourth-order valence-electron chi connectivity index (χ4n) is 1.73. The van der Waals surface area contributed by atoms with Crippen molar-refractivity contribution in [1.29, 1.82) is 5.26 Å². The van der Waals surface area contributed by atoms with E-state index < -0.39 is 0 Å². The minimum atomic E-state index is 0.459. The molecule has 0 saturated heterocycles. The average Bonchev–Trinajstić information content (AvgIpc) is 2.27. The largest absolute Gasteiger partial charge is 0.357 e. The fourth-order valence-corrected chi connectivity index (χ4v) is 1.73. The van der Waals surface area contributed by atoms with Crippen LogP contribution in [0.3, 0.4) is 0 Å². The number of hydrogen-bond acceptors (Lipinski definition) is 3. The molecule has 16 heavy (non-hydrogen) atoms. The Hall–Kier alpha value is -1.56. The third-order valence-electron chi connectivity index (χ3n) is 2.71. The Balaban J connectivity index is 2.72. The molecule has 1 unspecified atom stereocenters. The van der Waals surface area contributed by atoms with Gasteiger partial charge in [0.2, 0.25) is 0 Å². The molecule has 0 amide bonds. The number of nitriles is 1. The molecule has 0 spiro atoms. The van der Waals surface area contributed by atoms with Crippen LogP contribution in [0.15, 0.2) is 18.3 Å². The zero-order chi connectivity index (χ0) is 12.1. The molecule has 86 valence electrons. The second-order valence-corrected chi connectivity index (χ2v) is 4.61. The van der Waals surface area contributed by atoms with Crippen LogP contribution in [0.4, 0.5) is 5.82 Å². The summed E-state index contributed by atoms with van der Waals surface area (Å²) in [5.74, 6) is 1.60. The molecule has 0 saturated carbocycles. The Morgan fingerprint density at radius 3 is 2.50 bits per heavy atom. The highest BCUT2D eigenvalue weighted by molar-refractivity contribution is 5.41.